The lowest BCUT2D eigenvalue weighted by Crippen LogP contribution is -2.07. The molecule has 70 valence electrons. The van der Waals surface area contributed by atoms with Gasteiger partial charge in [-0.05, 0) is 29.8 Å². The molecule has 0 saturated carbocycles. The summed E-state index contributed by atoms with van der Waals surface area (Å²) >= 11 is 3.21. The second kappa shape index (κ2) is 4.37. The molecule has 4 heteroatoms. The maximum Gasteiger partial charge on any atom is 0.214 e. The highest BCUT2D eigenvalue weighted by atomic mass is 79.9. The van der Waals surface area contributed by atoms with E-state index in [9.17, 15) is 4.79 Å². The number of hydrogen-bond donors (Lipinski definition) is 0. The lowest BCUT2D eigenvalue weighted by Gasteiger charge is -2.08. The van der Waals surface area contributed by atoms with Crippen LogP contribution in [0.2, 0.25) is 0 Å². The Morgan fingerprint density at radius 2 is 2.31 bits per heavy atom. The summed E-state index contributed by atoms with van der Waals surface area (Å²) in [6.07, 6.45) is 2.38. The number of hydrogen-bond acceptors (Lipinski definition) is 3. The van der Waals surface area contributed by atoms with E-state index in [0.717, 1.165) is 6.29 Å². The molecule has 0 unspecified atom stereocenters. The Morgan fingerprint density at radius 1 is 1.62 bits per heavy atom. The molecular weight excluding hydrogens is 234 g/mol. The van der Waals surface area contributed by atoms with Gasteiger partial charge in [0.1, 0.15) is 0 Å². The van der Waals surface area contributed by atoms with E-state index in [0.29, 0.717) is 15.9 Å². The quantitative estimate of drug-likeness (QED) is 0.766. The van der Waals surface area contributed by atoms with Gasteiger partial charge in [-0.25, -0.2) is 4.98 Å². The first kappa shape index (κ1) is 10.2. The van der Waals surface area contributed by atoms with Crippen molar-refractivity contribution in [3.05, 3.63) is 22.3 Å². The van der Waals surface area contributed by atoms with Gasteiger partial charge in [-0.15, -0.1) is 0 Å². The molecule has 0 saturated heterocycles. The van der Waals surface area contributed by atoms with Crippen LogP contribution < -0.4 is 4.74 Å². The van der Waals surface area contributed by atoms with Crippen LogP contribution in [0.1, 0.15) is 24.2 Å². The topological polar surface area (TPSA) is 39.2 Å². The van der Waals surface area contributed by atoms with Gasteiger partial charge in [0.25, 0.3) is 0 Å². The van der Waals surface area contributed by atoms with Crippen LogP contribution in [-0.2, 0) is 0 Å². The molecule has 0 radical (unpaired) electrons. The van der Waals surface area contributed by atoms with Crippen LogP contribution in [0, 0.1) is 0 Å². The van der Waals surface area contributed by atoms with Gasteiger partial charge in [-0.1, -0.05) is 0 Å². The molecule has 0 atom stereocenters. The van der Waals surface area contributed by atoms with Crippen LogP contribution in [0.15, 0.2) is 16.7 Å². The average molecular weight is 244 g/mol. The Bertz CT molecular complexity index is 312. The highest BCUT2D eigenvalue weighted by Crippen LogP contribution is 2.18. The van der Waals surface area contributed by atoms with Crippen LogP contribution >= 0.6 is 15.9 Å². The summed E-state index contributed by atoms with van der Waals surface area (Å²) in [6.45, 7) is 3.81. The number of carbonyl (C=O) groups excluding carboxylic acids is 1. The SMILES string of the molecule is CC(C)Oc1cc(C=O)c(Br)cn1. The van der Waals surface area contributed by atoms with Crippen LogP contribution in [0.25, 0.3) is 0 Å². The van der Waals surface area contributed by atoms with Crippen LogP contribution in [0.3, 0.4) is 0 Å². The summed E-state index contributed by atoms with van der Waals surface area (Å²) in [5, 5.41) is 0. The smallest absolute Gasteiger partial charge is 0.214 e. The molecule has 1 rings (SSSR count). The maximum atomic E-state index is 10.6. The van der Waals surface area contributed by atoms with Crippen molar-refractivity contribution in [2.24, 2.45) is 0 Å². The second-order valence-corrected chi connectivity index (χ2v) is 3.68. The highest BCUT2D eigenvalue weighted by molar-refractivity contribution is 9.10. The summed E-state index contributed by atoms with van der Waals surface area (Å²) in [5.74, 6) is 0.473. The van der Waals surface area contributed by atoms with E-state index >= 15 is 0 Å². The molecule has 3 nitrogen and oxygen atoms in total. The molecule has 0 spiro atoms. The minimum atomic E-state index is 0.0631. The van der Waals surface area contributed by atoms with E-state index < -0.39 is 0 Å². The fraction of sp³-hybridized carbons (Fsp3) is 0.333. The molecule has 0 amide bonds. The molecule has 0 aliphatic rings. The molecular formula is C9H10BrNO2. The van der Waals surface area contributed by atoms with E-state index in [4.69, 9.17) is 4.74 Å². The highest BCUT2D eigenvalue weighted by Gasteiger charge is 2.03. The number of aldehydes is 1. The summed E-state index contributed by atoms with van der Waals surface area (Å²) in [5.41, 5.74) is 0.547. The predicted octanol–water partition coefficient (Wildman–Crippen LogP) is 2.44. The van der Waals surface area contributed by atoms with Gasteiger partial charge < -0.3 is 4.74 Å². The maximum absolute atomic E-state index is 10.6. The van der Waals surface area contributed by atoms with Gasteiger partial charge in [0.2, 0.25) is 5.88 Å². The second-order valence-electron chi connectivity index (χ2n) is 2.83. The van der Waals surface area contributed by atoms with Gasteiger partial charge >= 0.3 is 0 Å². The summed E-state index contributed by atoms with van der Waals surface area (Å²) in [6, 6.07) is 1.61. The minimum Gasteiger partial charge on any atom is -0.475 e. The van der Waals surface area contributed by atoms with Gasteiger partial charge in [0.05, 0.1) is 6.10 Å². The Balaban J connectivity index is 2.92. The number of pyridine rings is 1. The number of nitrogens with zero attached hydrogens (tertiary/aromatic N) is 1. The van der Waals surface area contributed by atoms with Crippen LogP contribution in [0.5, 0.6) is 5.88 Å². The molecule has 0 aromatic carbocycles. The van der Waals surface area contributed by atoms with Crippen LogP contribution in [0.4, 0.5) is 0 Å². The lowest BCUT2D eigenvalue weighted by atomic mass is 10.3. The monoisotopic (exact) mass is 243 g/mol. The van der Waals surface area contributed by atoms with E-state index in [2.05, 4.69) is 20.9 Å². The van der Waals surface area contributed by atoms with Gasteiger partial charge in [0.15, 0.2) is 6.29 Å². The molecule has 0 bridgehead atoms. The van der Waals surface area contributed by atoms with E-state index in [1.165, 1.54) is 0 Å². The van der Waals surface area contributed by atoms with Crippen molar-refractivity contribution < 1.29 is 9.53 Å². The van der Waals surface area contributed by atoms with Crippen molar-refractivity contribution in [2.45, 2.75) is 20.0 Å². The summed E-state index contributed by atoms with van der Waals surface area (Å²) < 4.78 is 6.00. The molecule has 1 heterocycles. The number of ether oxygens (including phenoxy) is 1. The first-order valence-electron chi connectivity index (χ1n) is 3.91. The lowest BCUT2D eigenvalue weighted by molar-refractivity contribution is 0.112. The average Bonchev–Trinajstić information content (AvgIpc) is 2.07. The van der Waals surface area contributed by atoms with Crippen molar-refractivity contribution >= 4 is 22.2 Å². The third kappa shape index (κ3) is 2.81. The number of carbonyl (C=O) groups is 1. The molecule has 13 heavy (non-hydrogen) atoms. The molecule has 0 N–H and O–H groups in total. The molecule has 1 aromatic heterocycles. The third-order valence-corrected chi connectivity index (χ3v) is 2.01. The first-order valence-corrected chi connectivity index (χ1v) is 4.70. The Labute approximate surface area is 85.3 Å². The van der Waals surface area contributed by atoms with Crippen molar-refractivity contribution in [1.29, 1.82) is 0 Å². The molecule has 1 aromatic rings. The number of halogens is 1. The number of rotatable bonds is 3. The summed E-state index contributed by atoms with van der Waals surface area (Å²) in [4.78, 5) is 14.6. The molecule has 0 aliphatic carbocycles. The zero-order valence-electron chi connectivity index (χ0n) is 7.45. The van der Waals surface area contributed by atoms with Crippen molar-refractivity contribution in [2.75, 3.05) is 0 Å². The van der Waals surface area contributed by atoms with Crippen LogP contribution in [-0.4, -0.2) is 17.4 Å². The summed E-state index contributed by atoms with van der Waals surface area (Å²) in [7, 11) is 0. The number of aromatic nitrogens is 1. The normalized spacial score (nSPS) is 10.2. The van der Waals surface area contributed by atoms with Crippen molar-refractivity contribution in [1.82, 2.24) is 4.98 Å². The van der Waals surface area contributed by atoms with E-state index in [1.54, 1.807) is 12.3 Å². The fourth-order valence-corrected chi connectivity index (χ4v) is 1.14. The largest absolute Gasteiger partial charge is 0.475 e. The first-order chi connectivity index (χ1) is 6.13. The Hall–Kier alpha value is -0.900. The van der Waals surface area contributed by atoms with E-state index in [1.807, 2.05) is 13.8 Å². The third-order valence-electron chi connectivity index (χ3n) is 1.34. The Morgan fingerprint density at radius 3 is 2.85 bits per heavy atom. The minimum absolute atomic E-state index is 0.0631. The fourth-order valence-electron chi connectivity index (χ4n) is 0.830. The van der Waals surface area contributed by atoms with Gasteiger partial charge in [-0.3, -0.25) is 4.79 Å². The van der Waals surface area contributed by atoms with Gasteiger partial charge in [0, 0.05) is 22.3 Å². The molecule has 0 aliphatic heterocycles. The van der Waals surface area contributed by atoms with Crippen molar-refractivity contribution in [3.8, 4) is 5.88 Å². The zero-order chi connectivity index (χ0) is 9.84. The van der Waals surface area contributed by atoms with Gasteiger partial charge in [-0.2, -0.15) is 0 Å². The molecule has 0 fully saturated rings. The predicted molar refractivity (Wildman–Crippen MR) is 53.1 cm³/mol. The zero-order valence-corrected chi connectivity index (χ0v) is 9.04. The van der Waals surface area contributed by atoms with E-state index in [-0.39, 0.29) is 6.10 Å². The standard InChI is InChI=1S/C9H10BrNO2/c1-6(2)13-9-3-7(5-12)8(10)4-11-9/h3-6H,1-2H3. The Kier molecular flexibility index (Phi) is 3.42. The van der Waals surface area contributed by atoms with Crippen molar-refractivity contribution in [3.63, 3.8) is 0 Å².